The van der Waals surface area contributed by atoms with Crippen LogP contribution in [-0.2, 0) is 17.0 Å². The molecular weight excluding hydrogens is 385 g/mol. The van der Waals surface area contributed by atoms with E-state index in [0.717, 1.165) is 17.7 Å². The summed E-state index contributed by atoms with van der Waals surface area (Å²) >= 11 is 6.03. The van der Waals surface area contributed by atoms with Crippen LogP contribution in [0.15, 0.2) is 63.1 Å². The molecule has 0 atom stereocenters. The van der Waals surface area contributed by atoms with E-state index in [1.54, 1.807) is 24.3 Å². The van der Waals surface area contributed by atoms with Crippen molar-refractivity contribution in [3.63, 3.8) is 0 Å². The van der Waals surface area contributed by atoms with Crippen LogP contribution in [0.3, 0.4) is 0 Å². The van der Waals surface area contributed by atoms with E-state index in [-0.39, 0.29) is 22.8 Å². The first kappa shape index (κ1) is 19.0. The number of nitrogens with zero attached hydrogens (tertiary/aromatic N) is 4. The zero-order valence-corrected chi connectivity index (χ0v) is 14.6. The number of ether oxygens (including phenoxy) is 1. The summed E-state index contributed by atoms with van der Waals surface area (Å²) in [5.41, 5.74) is -1.79. The van der Waals surface area contributed by atoms with Gasteiger partial charge < -0.3 is 4.74 Å². The van der Waals surface area contributed by atoms with Gasteiger partial charge in [-0.25, -0.2) is 4.79 Å². The van der Waals surface area contributed by atoms with Crippen LogP contribution in [0.5, 0.6) is 0 Å². The highest BCUT2D eigenvalue weighted by Gasteiger charge is 2.60. The molecule has 1 aliphatic heterocycles. The van der Waals surface area contributed by atoms with Gasteiger partial charge in [0.25, 0.3) is 0 Å². The van der Waals surface area contributed by atoms with E-state index in [0.29, 0.717) is 5.56 Å². The van der Waals surface area contributed by atoms with Gasteiger partial charge in [0.2, 0.25) is 0 Å². The summed E-state index contributed by atoms with van der Waals surface area (Å²) in [5, 5.41) is 12.4. The summed E-state index contributed by atoms with van der Waals surface area (Å²) in [6, 6.07) is 10.2. The van der Waals surface area contributed by atoms with Crippen molar-refractivity contribution in [1.29, 1.82) is 0 Å². The van der Waals surface area contributed by atoms with E-state index in [1.165, 1.54) is 6.07 Å². The molecule has 27 heavy (non-hydrogen) atoms. The van der Waals surface area contributed by atoms with Crippen molar-refractivity contribution in [2.24, 2.45) is 20.7 Å². The number of hydrogen-bond donors (Lipinski definition) is 0. The number of carbonyl (C=O) groups excluding carboxylic acids is 1. The molecule has 140 valence electrons. The molecule has 1 heterocycles. The molecule has 0 spiro atoms. The summed E-state index contributed by atoms with van der Waals surface area (Å²) < 4.78 is 45.6. The average molecular weight is 397 g/mol. The highest BCUT2D eigenvalue weighted by atomic mass is 35.5. The van der Waals surface area contributed by atoms with Gasteiger partial charge in [0.05, 0.1) is 5.56 Å². The number of benzene rings is 2. The summed E-state index contributed by atoms with van der Waals surface area (Å²) in [7, 11) is 0. The van der Waals surface area contributed by atoms with Crippen LogP contribution in [0.25, 0.3) is 0 Å². The predicted molar refractivity (Wildman–Crippen MR) is 89.2 cm³/mol. The highest BCUT2D eigenvalue weighted by molar-refractivity contribution is 6.31. The van der Waals surface area contributed by atoms with Crippen molar-refractivity contribution >= 4 is 17.6 Å². The molecule has 0 saturated carbocycles. The molecule has 0 aliphatic carbocycles. The molecule has 0 bridgehead atoms. The molecule has 1 aliphatic rings. The Hall–Kier alpha value is -2.81. The van der Waals surface area contributed by atoms with Crippen LogP contribution in [0.4, 0.5) is 13.2 Å². The normalized spacial score (nSPS) is 15.1. The van der Waals surface area contributed by atoms with Crippen LogP contribution in [-0.4, -0.2) is 12.1 Å². The van der Waals surface area contributed by atoms with E-state index in [1.807, 2.05) is 6.92 Å². The fraction of sp³-hybridized carbons (Fsp3) is 0.235. The lowest BCUT2D eigenvalue weighted by atomic mass is 9.98. The second kappa shape index (κ2) is 7.07. The van der Waals surface area contributed by atoms with Crippen molar-refractivity contribution in [3.05, 3.63) is 69.7 Å². The molecule has 0 N–H and O–H groups in total. The lowest BCUT2D eigenvalue weighted by molar-refractivity contribution is -0.187. The highest BCUT2D eigenvalue weighted by Crippen LogP contribution is 2.46. The minimum Gasteiger partial charge on any atom is -0.457 e. The SMILES string of the molecule is Cc1ccc(C(=O)OCc2cc(C3(C(F)(F)F)N=NN=N3)ccc2Cl)cc1. The first-order chi connectivity index (χ1) is 12.7. The van der Waals surface area contributed by atoms with Crippen molar-refractivity contribution in [1.82, 2.24) is 0 Å². The van der Waals surface area contributed by atoms with Gasteiger partial charge in [0.15, 0.2) is 0 Å². The zero-order chi connectivity index (χ0) is 19.7. The number of esters is 1. The molecule has 0 amide bonds. The molecule has 0 radical (unpaired) electrons. The second-order valence-corrected chi connectivity index (χ2v) is 6.20. The second-order valence-electron chi connectivity index (χ2n) is 5.80. The molecule has 0 unspecified atom stereocenters. The van der Waals surface area contributed by atoms with Crippen molar-refractivity contribution < 1.29 is 22.7 Å². The molecule has 2 aromatic rings. The topological polar surface area (TPSA) is 75.7 Å². The van der Waals surface area contributed by atoms with E-state index in [2.05, 4.69) is 20.7 Å². The number of alkyl halides is 3. The summed E-state index contributed by atoms with van der Waals surface area (Å²) in [5.74, 6) is -0.623. The van der Waals surface area contributed by atoms with Gasteiger partial charge in [-0.1, -0.05) is 35.4 Å². The Morgan fingerprint density at radius 3 is 2.33 bits per heavy atom. The van der Waals surface area contributed by atoms with Gasteiger partial charge in [0.1, 0.15) is 6.61 Å². The Bertz CT molecular complexity index is 915. The molecule has 10 heteroatoms. The summed E-state index contributed by atoms with van der Waals surface area (Å²) in [6.45, 7) is 1.55. The molecule has 3 rings (SSSR count). The Morgan fingerprint density at radius 2 is 1.74 bits per heavy atom. The Balaban J connectivity index is 1.84. The number of carbonyl (C=O) groups is 1. The number of aryl methyl sites for hydroxylation is 1. The maximum atomic E-state index is 13.5. The largest absolute Gasteiger partial charge is 0.457 e. The van der Waals surface area contributed by atoms with Gasteiger partial charge >= 0.3 is 17.8 Å². The van der Waals surface area contributed by atoms with E-state index < -0.39 is 17.8 Å². The van der Waals surface area contributed by atoms with Gasteiger partial charge in [-0.2, -0.15) is 13.2 Å². The zero-order valence-electron chi connectivity index (χ0n) is 13.9. The van der Waals surface area contributed by atoms with E-state index >= 15 is 0 Å². The molecule has 2 aromatic carbocycles. The average Bonchev–Trinajstić information content (AvgIpc) is 3.12. The lowest BCUT2D eigenvalue weighted by Gasteiger charge is -2.23. The first-order valence-electron chi connectivity index (χ1n) is 7.66. The number of hydrogen-bond acceptors (Lipinski definition) is 6. The Labute approximate surface area is 156 Å². The minimum atomic E-state index is -4.85. The number of rotatable bonds is 4. The van der Waals surface area contributed by atoms with Crippen LogP contribution in [0, 0.1) is 6.92 Å². The molecule has 0 saturated heterocycles. The van der Waals surface area contributed by atoms with Crippen LogP contribution < -0.4 is 0 Å². The third kappa shape index (κ3) is 3.68. The fourth-order valence-electron chi connectivity index (χ4n) is 2.40. The van der Waals surface area contributed by atoms with Crippen LogP contribution in [0.2, 0.25) is 5.02 Å². The monoisotopic (exact) mass is 396 g/mol. The molecule has 0 aromatic heterocycles. The van der Waals surface area contributed by atoms with Gasteiger partial charge in [-0.05, 0) is 41.6 Å². The van der Waals surface area contributed by atoms with Crippen molar-refractivity contribution in [3.8, 4) is 0 Å². The first-order valence-corrected chi connectivity index (χ1v) is 8.04. The van der Waals surface area contributed by atoms with Crippen LogP contribution in [0.1, 0.15) is 27.0 Å². The third-order valence-corrected chi connectivity index (χ3v) is 4.28. The summed E-state index contributed by atoms with van der Waals surface area (Å²) in [4.78, 5) is 12.1. The smallest absolute Gasteiger partial charge is 0.442 e. The van der Waals surface area contributed by atoms with Gasteiger partial charge in [-0.15, -0.1) is 10.2 Å². The standard InChI is InChI=1S/C17H12ClF3N4O2/c1-10-2-4-11(5-3-10)15(26)27-9-12-8-13(6-7-14(12)18)16(17(19,20)21)22-24-25-23-16/h2-8H,9H2,1H3. The quantitative estimate of drug-likeness (QED) is 0.635. The van der Waals surface area contributed by atoms with Gasteiger partial charge in [0, 0.05) is 16.1 Å². The predicted octanol–water partition coefficient (Wildman–Crippen LogP) is 5.55. The Morgan fingerprint density at radius 1 is 1.11 bits per heavy atom. The van der Waals surface area contributed by atoms with Gasteiger partial charge in [-0.3, -0.25) is 0 Å². The van der Waals surface area contributed by atoms with E-state index in [4.69, 9.17) is 16.3 Å². The summed E-state index contributed by atoms with van der Waals surface area (Å²) in [6.07, 6.45) is -4.85. The molecule has 6 nitrogen and oxygen atoms in total. The minimum absolute atomic E-state index is 0.139. The van der Waals surface area contributed by atoms with E-state index in [9.17, 15) is 18.0 Å². The molecular formula is C17H12ClF3N4O2. The third-order valence-electron chi connectivity index (χ3n) is 3.91. The maximum absolute atomic E-state index is 13.5. The van der Waals surface area contributed by atoms with Crippen LogP contribution >= 0.6 is 11.6 Å². The number of halogens is 4. The van der Waals surface area contributed by atoms with Crippen molar-refractivity contribution in [2.45, 2.75) is 25.4 Å². The fourth-order valence-corrected chi connectivity index (χ4v) is 2.57. The Kier molecular flexibility index (Phi) is 4.97. The lowest BCUT2D eigenvalue weighted by Crippen LogP contribution is -2.37. The molecule has 0 fully saturated rings. The van der Waals surface area contributed by atoms with Crippen molar-refractivity contribution in [2.75, 3.05) is 0 Å². The maximum Gasteiger partial charge on any atom is 0.442 e.